The molecule has 0 unspecified atom stereocenters. The summed E-state index contributed by atoms with van der Waals surface area (Å²) in [6.45, 7) is 2.32. The third-order valence-electron chi connectivity index (χ3n) is 4.94. The molecule has 5 atom stereocenters. The lowest BCUT2D eigenvalue weighted by Gasteiger charge is -2.49. The summed E-state index contributed by atoms with van der Waals surface area (Å²) in [7, 11) is 2.82. The Morgan fingerprint density at radius 2 is 2.15 bits per heavy atom. The largest absolute Gasteiger partial charge is 0.468 e. The standard InChI is InChI=1S/C15H18O5/c1-9-4-5-10-8-20-15(19-3)11(16)6-7-14(9,12(10)15)13(17)18-2/h4-7,9-10,12H,8H2,1-3H3/t9-,10-,12+,14+,15-/m0/s1. The van der Waals surface area contributed by atoms with E-state index in [-0.39, 0.29) is 29.5 Å². The van der Waals surface area contributed by atoms with Crippen molar-refractivity contribution in [1.82, 2.24) is 0 Å². The van der Waals surface area contributed by atoms with Gasteiger partial charge in [-0.25, -0.2) is 0 Å². The van der Waals surface area contributed by atoms with Gasteiger partial charge in [-0.3, -0.25) is 9.59 Å². The molecule has 1 saturated heterocycles. The molecule has 0 amide bonds. The summed E-state index contributed by atoms with van der Waals surface area (Å²) in [5.41, 5.74) is -0.908. The average Bonchev–Trinajstić information content (AvgIpc) is 2.86. The number of methoxy groups -OCH3 is 2. The third kappa shape index (κ3) is 1.34. The van der Waals surface area contributed by atoms with E-state index in [0.717, 1.165) is 0 Å². The molecule has 20 heavy (non-hydrogen) atoms. The molecule has 3 aliphatic rings. The SMILES string of the molecule is COC(=O)[C@]12C=CC(=O)[C@]3(OC)OC[C@H](C=C[C@@H]1C)[C@@H]32. The Labute approximate surface area is 117 Å². The highest BCUT2D eigenvalue weighted by Gasteiger charge is 2.69. The number of hydrogen-bond acceptors (Lipinski definition) is 5. The summed E-state index contributed by atoms with van der Waals surface area (Å²) in [6.07, 6.45) is 7.09. The van der Waals surface area contributed by atoms with E-state index >= 15 is 0 Å². The lowest BCUT2D eigenvalue weighted by atomic mass is 9.55. The van der Waals surface area contributed by atoms with Crippen molar-refractivity contribution in [3.8, 4) is 0 Å². The van der Waals surface area contributed by atoms with Crippen LogP contribution < -0.4 is 0 Å². The van der Waals surface area contributed by atoms with Crippen molar-refractivity contribution < 1.29 is 23.8 Å². The lowest BCUT2D eigenvalue weighted by molar-refractivity contribution is -0.228. The molecule has 0 saturated carbocycles. The molecular formula is C15H18O5. The summed E-state index contributed by atoms with van der Waals surface area (Å²) in [4.78, 5) is 24.8. The highest BCUT2D eigenvalue weighted by molar-refractivity contribution is 6.00. The number of hydrogen-bond donors (Lipinski definition) is 0. The first kappa shape index (κ1) is 13.5. The van der Waals surface area contributed by atoms with Crippen LogP contribution in [-0.2, 0) is 23.8 Å². The zero-order valence-electron chi connectivity index (χ0n) is 11.8. The van der Waals surface area contributed by atoms with E-state index in [1.54, 1.807) is 6.08 Å². The molecule has 0 bridgehead atoms. The van der Waals surface area contributed by atoms with Gasteiger partial charge >= 0.3 is 5.97 Å². The molecule has 0 spiro atoms. The van der Waals surface area contributed by atoms with Crippen molar-refractivity contribution in [3.63, 3.8) is 0 Å². The average molecular weight is 278 g/mol. The maximum absolute atomic E-state index is 12.5. The molecule has 0 aromatic rings. The molecule has 1 aliphatic heterocycles. The van der Waals surface area contributed by atoms with E-state index in [1.165, 1.54) is 20.3 Å². The molecule has 0 radical (unpaired) electrons. The maximum Gasteiger partial charge on any atom is 0.316 e. The quantitative estimate of drug-likeness (QED) is 0.559. The van der Waals surface area contributed by atoms with Gasteiger partial charge in [-0.2, -0.15) is 0 Å². The van der Waals surface area contributed by atoms with Gasteiger partial charge in [-0.05, 0) is 12.0 Å². The van der Waals surface area contributed by atoms with Gasteiger partial charge in [0.25, 0.3) is 0 Å². The minimum atomic E-state index is -1.37. The van der Waals surface area contributed by atoms with Gasteiger partial charge in [0.05, 0.1) is 13.7 Å². The van der Waals surface area contributed by atoms with Crippen LogP contribution in [0.2, 0.25) is 0 Å². The van der Waals surface area contributed by atoms with E-state index in [9.17, 15) is 9.59 Å². The van der Waals surface area contributed by atoms with Crippen LogP contribution in [0.5, 0.6) is 0 Å². The van der Waals surface area contributed by atoms with Crippen molar-refractivity contribution in [2.24, 2.45) is 23.2 Å². The van der Waals surface area contributed by atoms with Crippen LogP contribution in [0.15, 0.2) is 24.3 Å². The molecule has 108 valence electrons. The van der Waals surface area contributed by atoms with Gasteiger partial charge in [0.2, 0.25) is 11.6 Å². The number of ether oxygens (including phenoxy) is 3. The van der Waals surface area contributed by atoms with Gasteiger partial charge in [0.15, 0.2) is 0 Å². The molecule has 0 aromatic heterocycles. The van der Waals surface area contributed by atoms with Crippen molar-refractivity contribution in [3.05, 3.63) is 24.3 Å². The van der Waals surface area contributed by atoms with Crippen molar-refractivity contribution in [2.45, 2.75) is 12.7 Å². The zero-order valence-corrected chi connectivity index (χ0v) is 11.8. The van der Waals surface area contributed by atoms with Crippen molar-refractivity contribution in [1.29, 1.82) is 0 Å². The third-order valence-corrected chi connectivity index (χ3v) is 4.94. The van der Waals surface area contributed by atoms with E-state index in [2.05, 4.69) is 0 Å². The van der Waals surface area contributed by atoms with Gasteiger partial charge < -0.3 is 14.2 Å². The van der Waals surface area contributed by atoms with Gasteiger partial charge in [0.1, 0.15) is 5.41 Å². The number of allylic oxidation sites excluding steroid dienone is 1. The van der Waals surface area contributed by atoms with Crippen LogP contribution in [0, 0.1) is 23.2 Å². The molecule has 3 rings (SSSR count). The number of esters is 1. The molecule has 5 nitrogen and oxygen atoms in total. The van der Waals surface area contributed by atoms with Crippen LogP contribution in [0.3, 0.4) is 0 Å². The Hall–Kier alpha value is -1.46. The summed E-state index contributed by atoms with van der Waals surface area (Å²) in [5.74, 6) is -2.46. The highest BCUT2D eigenvalue weighted by atomic mass is 16.7. The molecule has 1 heterocycles. The monoisotopic (exact) mass is 278 g/mol. The first-order valence-corrected chi connectivity index (χ1v) is 6.72. The van der Waals surface area contributed by atoms with E-state index in [4.69, 9.17) is 14.2 Å². The number of ketones is 1. The molecule has 0 aromatic carbocycles. The molecule has 2 aliphatic carbocycles. The lowest BCUT2D eigenvalue weighted by Crippen LogP contribution is -2.60. The van der Waals surface area contributed by atoms with Crippen LogP contribution >= 0.6 is 0 Å². The minimum Gasteiger partial charge on any atom is -0.468 e. The Balaban J connectivity index is 2.24. The molecule has 1 fully saturated rings. The summed E-state index contributed by atoms with van der Waals surface area (Å²) < 4.78 is 16.2. The fourth-order valence-electron chi connectivity index (χ4n) is 3.93. The second-order valence-electron chi connectivity index (χ2n) is 5.62. The number of rotatable bonds is 2. The van der Waals surface area contributed by atoms with Gasteiger partial charge in [-0.15, -0.1) is 0 Å². The molecule has 0 N–H and O–H groups in total. The predicted octanol–water partition coefficient (Wildman–Crippen LogP) is 1.10. The van der Waals surface area contributed by atoms with E-state index in [0.29, 0.717) is 6.61 Å². The molecule has 5 heteroatoms. The summed E-state index contributed by atoms with van der Waals surface area (Å²) in [6, 6.07) is 0. The van der Waals surface area contributed by atoms with Crippen molar-refractivity contribution in [2.75, 3.05) is 20.8 Å². The number of carbonyl (C=O) groups excluding carboxylic acids is 2. The van der Waals surface area contributed by atoms with Gasteiger partial charge in [-0.1, -0.05) is 25.2 Å². The van der Waals surface area contributed by atoms with Crippen LogP contribution in [0.25, 0.3) is 0 Å². The predicted molar refractivity (Wildman–Crippen MR) is 69.6 cm³/mol. The normalized spacial score (nSPS) is 45.4. The van der Waals surface area contributed by atoms with Crippen LogP contribution in [0.1, 0.15) is 6.92 Å². The van der Waals surface area contributed by atoms with Crippen molar-refractivity contribution >= 4 is 11.8 Å². The zero-order chi connectivity index (χ0) is 14.5. The fraction of sp³-hybridized carbons (Fsp3) is 0.600. The summed E-state index contributed by atoms with van der Waals surface area (Å²) >= 11 is 0. The smallest absolute Gasteiger partial charge is 0.316 e. The Morgan fingerprint density at radius 1 is 1.40 bits per heavy atom. The Morgan fingerprint density at radius 3 is 2.80 bits per heavy atom. The second kappa shape index (κ2) is 4.27. The maximum atomic E-state index is 12.5. The Bertz CT molecular complexity index is 522. The molecular weight excluding hydrogens is 260 g/mol. The minimum absolute atomic E-state index is 0.0286. The first-order chi connectivity index (χ1) is 9.52. The highest BCUT2D eigenvalue weighted by Crippen LogP contribution is 2.58. The van der Waals surface area contributed by atoms with Crippen LogP contribution in [0.4, 0.5) is 0 Å². The number of carbonyl (C=O) groups is 2. The first-order valence-electron chi connectivity index (χ1n) is 6.72. The Kier molecular flexibility index (Phi) is 2.88. The summed E-state index contributed by atoms with van der Waals surface area (Å²) in [5, 5.41) is 0. The fourth-order valence-corrected chi connectivity index (χ4v) is 3.93. The second-order valence-corrected chi connectivity index (χ2v) is 5.62. The topological polar surface area (TPSA) is 61.8 Å². The van der Waals surface area contributed by atoms with E-state index in [1.807, 2.05) is 19.1 Å². The van der Waals surface area contributed by atoms with Crippen LogP contribution in [-0.4, -0.2) is 38.4 Å². The van der Waals surface area contributed by atoms with Gasteiger partial charge in [0, 0.05) is 18.9 Å². The van der Waals surface area contributed by atoms with E-state index < -0.39 is 11.2 Å².